The highest BCUT2D eigenvalue weighted by atomic mass is 16.4. The number of carboxylic acids is 1. The van der Waals surface area contributed by atoms with Gasteiger partial charge in [0.25, 0.3) is 5.91 Å². The van der Waals surface area contributed by atoms with E-state index < -0.39 is 11.4 Å². The molecule has 9 heteroatoms. The number of aliphatic hydroxyl groups is 1. The molecule has 39 heavy (non-hydrogen) atoms. The van der Waals surface area contributed by atoms with Gasteiger partial charge in [0.05, 0.1) is 34.9 Å². The van der Waals surface area contributed by atoms with E-state index in [-0.39, 0.29) is 23.5 Å². The monoisotopic (exact) mass is 525 g/mol. The van der Waals surface area contributed by atoms with Crippen LogP contribution in [-0.2, 0) is 17.9 Å². The Balaban J connectivity index is 1.09. The Morgan fingerprint density at radius 2 is 1.85 bits per heavy atom. The Morgan fingerprint density at radius 1 is 1.03 bits per heavy atom. The maximum atomic E-state index is 13.6. The fourth-order valence-electron chi connectivity index (χ4n) is 7.03. The number of aromatic nitrogens is 4. The van der Waals surface area contributed by atoms with E-state index in [1.54, 1.807) is 6.20 Å². The minimum Gasteiger partial charge on any atom is -0.481 e. The summed E-state index contributed by atoms with van der Waals surface area (Å²) in [7, 11) is 0. The summed E-state index contributed by atoms with van der Waals surface area (Å²) in [5.41, 5.74) is 3.49. The number of carboxylic acid groups (broad SMARTS) is 1. The number of hydrogen-bond acceptors (Lipinski definition) is 5. The average Bonchev–Trinajstić information content (AvgIpc) is 3.30. The van der Waals surface area contributed by atoms with Crippen LogP contribution >= 0.6 is 0 Å². The molecule has 0 saturated heterocycles. The molecule has 3 heterocycles. The number of para-hydroxylation sites is 1. The first kappa shape index (κ1) is 24.1. The number of pyridine rings is 1. The molecule has 4 aromatic rings. The van der Waals surface area contributed by atoms with Gasteiger partial charge in [-0.15, -0.1) is 0 Å². The zero-order valence-corrected chi connectivity index (χ0v) is 21.6. The Labute approximate surface area is 225 Å². The van der Waals surface area contributed by atoms with Crippen LogP contribution in [0.2, 0.25) is 0 Å². The third-order valence-electron chi connectivity index (χ3n) is 9.30. The first-order valence-corrected chi connectivity index (χ1v) is 13.6. The normalized spacial score (nSPS) is 24.1. The highest BCUT2D eigenvalue weighted by molar-refractivity contribution is 6.06. The van der Waals surface area contributed by atoms with E-state index >= 15 is 0 Å². The Morgan fingerprint density at radius 3 is 2.54 bits per heavy atom. The number of nitrogens with zero attached hydrogens (tertiary/aromatic N) is 4. The van der Waals surface area contributed by atoms with Gasteiger partial charge >= 0.3 is 5.97 Å². The van der Waals surface area contributed by atoms with Crippen molar-refractivity contribution in [1.29, 1.82) is 0 Å². The van der Waals surface area contributed by atoms with Crippen molar-refractivity contribution in [2.75, 3.05) is 6.61 Å². The Kier molecular flexibility index (Phi) is 5.26. The molecule has 4 aliphatic rings. The smallest absolute Gasteiger partial charge is 0.309 e. The number of carbonyl (C=O) groups excluding carboxylic acids is 1. The number of fused-ring (bicyclic) bond motifs is 1. The molecule has 3 aromatic heterocycles. The van der Waals surface area contributed by atoms with Crippen LogP contribution in [0, 0.1) is 10.8 Å². The number of rotatable bonds is 10. The number of aliphatic carboxylic acids is 1. The van der Waals surface area contributed by atoms with Crippen molar-refractivity contribution < 1.29 is 19.8 Å². The second kappa shape index (κ2) is 8.51. The van der Waals surface area contributed by atoms with Crippen molar-refractivity contribution >= 4 is 22.8 Å². The summed E-state index contributed by atoms with van der Waals surface area (Å²) >= 11 is 0. The molecule has 1 aromatic carbocycles. The first-order valence-electron chi connectivity index (χ1n) is 13.6. The van der Waals surface area contributed by atoms with Gasteiger partial charge < -0.3 is 20.1 Å². The largest absolute Gasteiger partial charge is 0.481 e. The molecule has 200 valence electrons. The summed E-state index contributed by atoms with van der Waals surface area (Å²) in [6.07, 6.45) is 12.1. The minimum absolute atomic E-state index is 0.0437. The van der Waals surface area contributed by atoms with Crippen LogP contribution in [0.4, 0.5) is 0 Å². The van der Waals surface area contributed by atoms with Gasteiger partial charge in [-0.3, -0.25) is 19.3 Å². The molecule has 0 atom stereocenters. The fraction of sp³-hybridized carbons (Fsp3) is 0.400. The van der Waals surface area contributed by atoms with Crippen molar-refractivity contribution in [3.8, 4) is 11.1 Å². The van der Waals surface area contributed by atoms with E-state index in [9.17, 15) is 14.7 Å². The Bertz CT molecular complexity index is 1580. The topological polar surface area (TPSA) is 122 Å². The van der Waals surface area contributed by atoms with Gasteiger partial charge in [-0.1, -0.05) is 18.2 Å². The maximum absolute atomic E-state index is 13.6. The molecule has 4 aliphatic carbocycles. The third-order valence-corrected chi connectivity index (χ3v) is 9.30. The SMILES string of the molecule is O=C(NC1(C23CC(C(=O)O)(C2)C3)CC1)c1cccc2ccn(Cc3ccc(-c4cnn(CCCO)c4)cn3)c12. The molecule has 0 aliphatic heterocycles. The van der Waals surface area contributed by atoms with Crippen molar-refractivity contribution in [2.45, 2.75) is 57.2 Å². The summed E-state index contributed by atoms with van der Waals surface area (Å²) < 4.78 is 3.89. The molecule has 9 nitrogen and oxygen atoms in total. The highest BCUT2D eigenvalue weighted by Gasteiger charge is 2.81. The summed E-state index contributed by atoms with van der Waals surface area (Å²) in [5, 5.41) is 27.3. The molecule has 4 fully saturated rings. The predicted molar refractivity (Wildman–Crippen MR) is 144 cm³/mol. The second-order valence-corrected chi connectivity index (χ2v) is 11.7. The lowest BCUT2D eigenvalue weighted by molar-refractivity contribution is -0.236. The van der Waals surface area contributed by atoms with E-state index in [1.165, 1.54) is 0 Å². The van der Waals surface area contributed by atoms with Crippen LogP contribution in [0.25, 0.3) is 22.0 Å². The van der Waals surface area contributed by atoms with Gasteiger partial charge in [-0.2, -0.15) is 5.10 Å². The average molecular weight is 526 g/mol. The number of nitrogens with one attached hydrogen (secondary N) is 1. The maximum Gasteiger partial charge on any atom is 0.309 e. The molecule has 3 N–H and O–H groups in total. The Hall–Kier alpha value is -3.98. The number of benzene rings is 1. The molecular formula is C30H31N5O4. The lowest BCUT2D eigenvalue weighted by atomic mass is 9.32. The van der Waals surface area contributed by atoms with Crippen LogP contribution in [0.5, 0.6) is 0 Å². The van der Waals surface area contributed by atoms with Crippen molar-refractivity contribution in [1.82, 2.24) is 24.6 Å². The van der Waals surface area contributed by atoms with Crippen LogP contribution in [-0.4, -0.2) is 53.6 Å². The van der Waals surface area contributed by atoms with E-state index in [2.05, 4.69) is 20.0 Å². The summed E-state index contributed by atoms with van der Waals surface area (Å²) in [4.78, 5) is 29.9. The molecule has 0 unspecified atom stereocenters. The molecule has 1 amide bonds. The van der Waals surface area contributed by atoms with E-state index in [0.717, 1.165) is 40.6 Å². The van der Waals surface area contributed by atoms with Gasteiger partial charge in [0, 0.05) is 53.8 Å². The zero-order valence-electron chi connectivity index (χ0n) is 21.6. The lowest BCUT2D eigenvalue weighted by Crippen LogP contribution is -2.73. The van der Waals surface area contributed by atoms with E-state index in [0.29, 0.717) is 44.3 Å². The van der Waals surface area contributed by atoms with E-state index in [1.807, 2.05) is 59.7 Å². The minimum atomic E-state index is -0.691. The molecule has 8 rings (SSSR count). The van der Waals surface area contributed by atoms with Gasteiger partial charge in [-0.25, -0.2) is 0 Å². The summed E-state index contributed by atoms with van der Waals surface area (Å²) in [5.74, 6) is -0.780. The summed E-state index contributed by atoms with van der Waals surface area (Å²) in [6, 6.07) is 11.8. The fourth-order valence-corrected chi connectivity index (χ4v) is 7.03. The van der Waals surface area contributed by atoms with E-state index in [4.69, 9.17) is 5.11 Å². The van der Waals surface area contributed by atoms with Crippen molar-refractivity contribution in [3.63, 3.8) is 0 Å². The van der Waals surface area contributed by atoms with Gasteiger partial charge in [0.2, 0.25) is 0 Å². The summed E-state index contributed by atoms with van der Waals surface area (Å²) in [6.45, 7) is 1.34. The standard InChI is InChI=1S/C30H31N5O4/c36-12-2-10-35-15-22(14-32-35)21-5-6-23(31-13-21)16-34-11-7-20-3-1-4-24(25(20)34)26(37)33-30(8-9-30)29-17-28(18-29,19-29)27(38)39/h1,3-7,11,13-15,36H,2,8-10,12,16-19H2,(H,33,37)(H,38,39). The molecular weight excluding hydrogens is 494 g/mol. The van der Waals surface area contributed by atoms with Gasteiger partial charge in [-0.05, 0) is 62.1 Å². The van der Waals surface area contributed by atoms with Crippen molar-refractivity contribution in [2.24, 2.45) is 10.8 Å². The van der Waals surface area contributed by atoms with Crippen LogP contribution < -0.4 is 5.32 Å². The van der Waals surface area contributed by atoms with Crippen molar-refractivity contribution in [3.05, 3.63) is 72.4 Å². The predicted octanol–water partition coefficient (Wildman–Crippen LogP) is 3.85. The van der Waals surface area contributed by atoms with Crippen LogP contribution in [0.3, 0.4) is 0 Å². The highest BCUT2D eigenvalue weighted by Crippen LogP contribution is 2.81. The molecule has 0 radical (unpaired) electrons. The second-order valence-electron chi connectivity index (χ2n) is 11.7. The quantitative estimate of drug-likeness (QED) is 0.289. The molecule has 4 saturated carbocycles. The third kappa shape index (κ3) is 3.71. The number of amides is 1. The molecule has 2 bridgehead atoms. The number of aryl methyl sites for hydroxylation is 1. The van der Waals surface area contributed by atoms with Gasteiger partial charge in [0.1, 0.15) is 0 Å². The van der Waals surface area contributed by atoms with Gasteiger partial charge in [0.15, 0.2) is 0 Å². The zero-order chi connectivity index (χ0) is 26.8. The van der Waals surface area contributed by atoms with Crippen LogP contribution in [0.1, 0.15) is 54.6 Å². The lowest BCUT2D eigenvalue weighted by Gasteiger charge is -2.71. The molecule has 0 spiro atoms. The van der Waals surface area contributed by atoms with Crippen LogP contribution in [0.15, 0.2) is 61.2 Å². The first-order chi connectivity index (χ1) is 18.9. The number of aliphatic hydroxyl groups excluding tert-OH is 1. The number of carbonyl (C=O) groups is 2. The number of hydrogen-bond donors (Lipinski definition) is 3.